The van der Waals surface area contributed by atoms with Crippen molar-refractivity contribution < 1.29 is 4.74 Å². The van der Waals surface area contributed by atoms with Gasteiger partial charge in [0.2, 0.25) is 0 Å². The second-order valence-electron chi connectivity index (χ2n) is 2.99. The van der Waals surface area contributed by atoms with E-state index in [2.05, 4.69) is 10.3 Å². The summed E-state index contributed by atoms with van der Waals surface area (Å²) in [5, 5.41) is 7.59. The highest BCUT2D eigenvalue weighted by Crippen LogP contribution is 2.16. The van der Waals surface area contributed by atoms with E-state index in [0.717, 1.165) is 12.1 Å². The van der Waals surface area contributed by atoms with E-state index in [1.54, 1.807) is 18.0 Å². The molecule has 13 heavy (non-hydrogen) atoms. The van der Waals surface area contributed by atoms with Gasteiger partial charge in [-0.05, 0) is 6.42 Å². The second-order valence-corrected chi connectivity index (χ2v) is 2.99. The highest BCUT2D eigenvalue weighted by atomic mass is 16.5. The molecule has 0 aromatic carbocycles. The van der Waals surface area contributed by atoms with Crippen LogP contribution in [0.5, 0.6) is 0 Å². The molecule has 5 heteroatoms. The first-order valence-corrected chi connectivity index (χ1v) is 4.33. The summed E-state index contributed by atoms with van der Waals surface area (Å²) in [6.45, 7) is 2.04. The Balaban J connectivity index is 2.77. The molecule has 0 aliphatic rings. The van der Waals surface area contributed by atoms with Crippen molar-refractivity contribution in [3.63, 3.8) is 0 Å². The number of ether oxygens (including phenoxy) is 1. The lowest BCUT2D eigenvalue weighted by atomic mass is 10.1. The van der Waals surface area contributed by atoms with Crippen LogP contribution in [0.1, 0.15) is 25.1 Å². The standard InChI is InChI=1S/C8H16N4O/c1-4-7(13-3)8(9)6-5-10-11-12(6)2/h5,7-8H,4,9H2,1-3H3. The lowest BCUT2D eigenvalue weighted by Crippen LogP contribution is -2.29. The Bertz CT molecular complexity index is 256. The van der Waals surface area contributed by atoms with Crippen LogP contribution < -0.4 is 5.73 Å². The van der Waals surface area contributed by atoms with Gasteiger partial charge in [0.05, 0.1) is 24.0 Å². The van der Waals surface area contributed by atoms with Crippen LogP contribution in [0.4, 0.5) is 0 Å². The predicted octanol–water partition coefficient (Wildman–Crippen LogP) is 0.240. The van der Waals surface area contributed by atoms with Gasteiger partial charge in [0.1, 0.15) is 0 Å². The summed E-state index contributed by atoms with van der Waals surface area (Å²) in [5.41, 5.74) is 6.88. The average molecular weight is 184 g/mol. The van der Waals surface area contributed by atoms with E-state index in [1.165, 1.54) is 0 Å². The molecule has 1 aromatic heterocycles. The lowest BCUT2D eigenvalue weighted by molar-refractivity contribution is 0.0749. The first-order chi connectivity index (χ1) is 6.20. The van der Waals surface area contributed by atoms with Crippen molar-refractivity contribution in [1.29, 1.82) is 0 Å². The minimum Gasteiger partial charge on any atom is -0.379 e. The van der Waals surface area contributed by atoms with Crippen molar-refractivity contribution in [2.75, 3.05) is 7.11 Å². The van der Waals surface area contributed by atoms with E-state index in [9.17, 15) is 0 Å². The molecule has 0 fully saturated rings. The molecule has 0 aliphatic heterocycles. The molecule has 0 bridgehead atoms. The number of methoxy groups -OCH3 is 1. The monoisotopic (exact) mass is 184 g/mol. The minimum absolute atomic E-state index is 0.0252. The van der Waals surface area contributed by atoms with Crippen molar-refractivity contribution >= 4 is 0 Å². The van der Waals surface area contributed by atoms with Gasteiger partial charge in [-0.1, -0.05) is 12.1 Å². The van der Waals surface area contributed by atoms with Gasteiger partial charge in [-0.2, -0.15) is 0 Å². The number of rotatable bonds is 4. The van der Waals surface area contributed by atoms with Crippen LogP contribution in [0.25, 0.3) is 0 Å². The maximum absolute atomic E-state index is 5.98. The highest BCUT2D eigenvalue weighted by molar-refractivity contribution is 5.03. The highest BCUT2D eigenvalue weighted by Gasteiger charge is 2.20. The largest absolute Gasteiger partial charge is 0.379 e. The Morgan fingerprint density at radius 2 is 2.38 bits per heavy atom. The molecule has 1 aromatic rings. The normalized spacial score (nSPS) is 15.7. The van der Waals surface area contributed by atoms with Crippen molar-refractivity contribution in [3.8, 4) is 0 Å². The number of nitrogens with two attached hydrogens (primary N) is 1. The van der Waals surface area contributed by atoms with Crippen molar-refractivity contribution in [3.05, 3.63) is 11.9 Å². The zero-order valence-electron chi connectivity index (χ0n) is 8.27. The molecule has 0 amide bonds. The Labute approximate surface area is 77.9 Å². The molecule has 0 spiro atoms. The Hall–Kier alpha value is -0.940. The molecule has 2 N–H and O–H groups in total. The van der Waals surface area contributed by atoms with Gasteiger partial charge < -0.3 is 10.5 Å². The van der Waals surface area contributed by atoms with E-state index >= 15 is 0 Å². The Morgan fingerprint density at radius 1 is 1.69 bits per heavy atom. The van der Waals surface area contributed by atoms with Crippen LogP contribution in [0, 0.1) is 0 Å². The van der Waals surface area contributed by atoms with Gasteiger partial charge in [0.15, 0.2) is 0 Å². The SMILES string of the molecule is CCC(OC)C(N)c1cnnn1C. The quantitative estimate of drug-likeness (QED) is 0.728. The molecule has 0 radical (unpaired) electrons. The third kappa shape index (κ3) is 2.05. The molecule has 2 unspecified atom stereocenters. The van der Waals surface area contributed by atoms with E-state index in [0.29, 0.717) is 0 Å². The first kappa shape index (κ1) is 10.1. The molecule has 1 heterocycles. The second kappa shape index (κ2) is 4.34. The zero-order valence-corrected chi connectivity index (χ0v) is 8.27. The topological polar surface area (TPSA) is 66.0 Å². The fourth-order valence-corrected chi connectivity index (χ4v) is 1.36. The number of hydrogen-bond acceptors (Lipinski definition) is 4. The molecular weight excluding hydrogens is 168 g/mol. The van der Waals surface area contributed by atoms with Crippen LogP contribution in [-0.4, -0.2) is 28.2 Å². The van der Waals surface area contributed by atoms with E-state index in [1.807, 2.05) is 14.0 Å². The van der Waals surface area contributed by atoms with Gasteiger partial charge in [0, 0.05) is 14.2 Å². The number of aryl methyl sites for hydroxylation is 1. The lowest BCUT2D eigenvalue weighted by Gasteiger charge is -2.20. The summed E-state index contributed by atoms with van der Waals surface area (Å²) in [4.78, 5) is 0. The Morgan fingerprint density at radius 3 is 2.77 bits per heavy atom. The van der Waals surface area contributed by atoms with Crippen LogP contribution in [0.15, 0.2) is 6.20 Å². The summed E-state index contributed by atoms with van der Waals surface area (Å²) < 4.78 is 6.92. The molecule has 0 saturated carbocycles. The minimum atomic E-state index is -0.157. The molecule has 5 nitrogen and oxygen atoms in total. The predicted molar refractivity (Wildman–Crippen MR) is 49.0 cm³/mol. The number of aromatic nitrogens is 3. The van der Waals surface area contributed by atoms with Gasteiger partial charge in [-0.15, -0.1) is 5.10 Å². The molecule has 0 aliphatic carbocycles. The van der Waals surface area contributed by atoms with Gasteiger partial charge in [-0.25, -0.2) is 0 Å². The Kier molecular flexibility index (Phi) is 3.39. The fourth-order valence-electron chi connectivity index (χ4n) is 1.36. The number of nitrogens with zero attached hydrogens (tertiary/aromatic N) is 3. The average Bonchev–Trinajstić information content (AvgIpc) is 2.53. The maximum atomic E-state index is 5.98. The van der Waals surface area contributed by atoms with Crippen molar-refractivity contribution in [2.24, 2.45) is 12.8 Å². The van der Waals surface area contributed by atoms with Crippen molar-refractivity contribution in [2.45, 2.75) is 25.5 Å². The maximum Gasteiger partial charge on any atom is 0.0777 e. The fraction of sp³-hybridized carbons (Fsp3) is 0.750. The van der Waals surface area contributed by atoms with E-state index in [-0.39, 0.29) is 12.1 Å². The van der Waals surface area contributed by atoms with Gasteiger partial charge in [-0.3, -0.25) is 4.68 Å². The summed E-state index contributed by atoms with van der Waals surface area (Å²) >= 11 is 0. The van der Waals surface area contributed by atoms with Crippen LogP contribution in [0.3, 0.4) is 0 Å². The first-order valence-electron chi connectivity index (χ1n) is 4.33. The van der Waals surface area contributed by atoms with Gasteiger partial charge in [0.25, 0.3) is 0 Å². The molecule has 1 rings (SSSR count). The van der Waals surface area contributed by atoms with E-state index < -0.39 is 0 Å². The van der Waals surface area contributed by atoms with Gasteiger partial charge >= 0.3 is 0 Å². The molecule has 74 valence electrons. The summed E-state index contributed by atoms with van der Waals surface area (Å²) in [7, 11) is 3.49. The molecule has 0 saturated heterocycles. The smallest absolute Gasteiger partial charge is 0.0777 e. The third-order valence-electron chi connectivity index (χ3n) is 2.20. The van der Waals surface area contributed by atoms with Crippen molar-refractivity contribution in [1.82, 2.24) is 15.0 Å². The zero-order chi connectivity index (χ0) is 9.84. The van der Waals surface area contributed by atoms with Crippen LogP contribution in [0.2, 0.25) is 0 Å². The molecular formula is C8H16N4O. The van der Waals surface area contributed by atoms with Crippen LogP contribution >= 0.6 is 0 Å². The third-order valence-corrected chi connectivity index (χ3v) is 2.20. The van der Waals surface area contributed by atoms with Crippen LogP contribution in [-0.2, 0) is 11.8 Å². The summed E-state index contributed by atoms with van der Waals surface area (Å²) in [5.74, 6) is 0. The summed E-state index contributed by atoms with van der Waals surface area (Å²) in [6.07, 6.45) is 2.58. The number of hydrogen-bond donors (Lipinski definition) is 1. The van der Waals surface area contributed by atoms with E-state index in [4.69, 9.17) is 10.5 Å². The molecule has 2 atom stereocenters. The summed E-state index contributed by atoms with van der Waals surface area (Å²) in [6, 6.07) is -0.157.